The van der Waals surface area contributed by atoms with Gasteiger partial charge < -0.3 is 5.32 Å². The summed E-state index contributed by atoms with van der Waals surface area (Å²) in [4.78, 5) is 28.4. The first-order valence-electron chi connectivity index (χ1n) is 11.5. The molecule has 0 radical (unpaired) electrons. The molecule has 1 saturated heterocycles. The minimum Gasteiger partial charge on any atom is -0.351 e. The SMILES string of the molecule is O=C(NC1CCC(F)(F)CC1)C(c1ccccc1Cl)N(C(=O)C1CCS(=O)(=O)N1)c1cccc(F)c1. The zero-order valence-corrected chi connectivity index (χ0v) is 20.7. The molecule has 1 saturated carbocycles. The van der Waals surface area contributed by atoms with Crippen LogP contribution in [0, 0.1) is 5.82 Å². The number of alkyl halides is 2. The summed E-state index contributed by atoms with van der Waals surface area (Å²) in [6.45, 7) is 0. The molecular formula is C24H25ClF3N3O4S. The Balaban J connectivity index is 1.75. The highest BCUT2D eigenvalue weighted by atomic mass is 35.5. The normalized spacial score (nSPS) is 22.1. The zero-order chi connectivity index (χ0) is 26.1. The van der Waals surface area contributed by atoms with Gasteiger partial charge in [-0.05, 0) is 43.5 Å². The highest BCUT2D eigenvalue weighted by Gasteiger charge is 2.42. The van der Waals surface area contributed by atoms with Crippen molar-refractivity contribution in [3.05, 3.63) is 64.9 Å². The number of carbonyl (C=O) groups is 2. The highest BCUT2D eigenvalue weighted by molar-refractivity contribution is 7.89. The number of anilines is 1. The molecular weight excluding hydrogens is 519 g/mol. The summed E-state index contributed by atoms with van der Waals surface area (Å²) in [5, 5.41) is 2.90. The summed E-state index contributed by atoms with van der Waals surface area (Å²) in [5.41, 5.74) is 0.234. The molecule has 2 N–H and O–H groups in total. The highest BCUT2D eigenvalue weighted by Crippen LogP contribution is 2.36. The molecule has 2 amide bonds. The van der Waals surface area contributed by atoms with Crippen molar-refractivity contribution in [2.45, 2.75) is 56.2 Å². The summed E-state index contributed by atoms with van der Waals surface area (Å²) in [5.74, 6) is -5.22. The number of amides is 2. The van der Waals surface area contributed by atoms with Crippen molar-refractivity contribution in [2.75, 3.05) is 10.7 Å². The maximum atomic E-state index is 14.2. The molecule has 0 spiro atoms. The Labute approximate surface area is 212 Å². The van der Waals surface area contributed by atoms with E-state index >= 15 is 0 Å². The Kier molecular flexibility index (Phi) is 7.63. The molecule has 2 aliphatic rings. The topological polar surface area (TPSA) is 95.6 Å². The van der Waals surface area contributed by atoms with Crippen LogP contribution in [0.25, 0.3) is 0 Å². The van der Waals surface area contributed by atoms with E-state index in [4.69, 9.17) is 11.6 Å². The fourth-order valence-electron chi connectivity index (χ4n) is 4.54. The number of carbonyl (C=O) groups excluding carboxylic acids is 2. The number of nitrogens with one attached hydrogen (secondary N) is 2. The third kappa shape index (κ3) is 6.01. The summed E-state index contributed by atoms with van der Waals surface area (Å²) in [6, 6.07) is 8.12. The predicted octanol–water partition coefficient (Wildman–Crippen LogP) is 3.94. The number of hydrogen-bond donors (Lipinski definition) is 2. The van der Waals surface area contributed by atoms with Gasteiger partial charge in [-0.25, -0.2) is 26.3 Å². The van der Waals surface area contributed by atoms with Gasteiger partial charge in [-0.1, -0.05) is 35.9 Å². The van der Waals surface area contributed by atoms with E-state index in [9.17, 15) is 31.2 Å². The molecule has 1 heterocycles. The van der Waals surface area contributed by atoms with Gasteiger partial charge >= 0.3 is 0 Å². The van der Waals surface area contributed by atoms with Crippen LogP contribution in [0.3, 0.4) is 0 Å². The van der Waals surface area contributed by atoms with Crippen LogP contribution in [0.2, 0.25) is 5.02 Å². The van der Waals surface area contributed by atoms with Crippen LogP contribution >= 0.6 is 11.6 Å². The molecule has 4 rings (SSSR count). The molecule has 2 aromatic rings. The van der Waals surface area contributed by atoms with Crippen LogP contribution in [-0.2, 0) is 19.6 Å². The largest absolute Gasteiger partial charge is 0.351 e. The Morgan fingerprint density at radius 2 is 1.78 bits per heavy atom. The second-order valence-corrected chi connectivity index (χ2v) is 11.3. The number of hydrogen-bond acceptors (Lipinski definition) is 4. The lowest BCUT2D eigenvalue weighted by Crippen LogP contribution is -2.52. The fraction of sp³-hybridized carbons (Fsp3) is 0.417. The summed E-state index contributed by atoms with van der Waals surface area (Å²) in [6.07, 6.45) is -0.716. The smallest absolute Gasteiger partial charge is 0.248 e. The fourth-order valence-corrected chi connectivity index (χ4v) is 6.09. The standard InChI is InChI=1S/C24H25ClF3N3O4S/c25-19-7-2-1-6-18(19)21(22(32)29-16-8-11-24(27,28)12-9-16)31(17-5-3-4-15(26)14-17)23(33)20-10-13-36(34,35)30-20/h1-7,14,16,20-21,30H,8-13H2,(H,29,32). The second-order valence-electron chi connectivity index (χ2n) is 9.03. The van der Waals surface area contributed by atoms with Crippen molar-refractivity contribution < 1.29 is 31.2 Å². The first-order chi connectivity index (χ1) is 17.0. The maximum absolute atomic E-state index is 14.2. The third-order valence-corrected chi connectivity index (χ3v) is 8.15. The lowest BCUT2D eigenvalue weighted by molar-refractivity contribution is -0.128. The summed E-state index contributed by atoms with van der Waals surface area (Å²) in [7, 11) is -3.69. The minimum atomic E-state index is -3.69. The van der Waals surface area contributed by atoms with Crippen molar-refractivity contribution in [1.82, 2.24) is 10.0 Å². The van der Waals surface area contributed by atoms with E-state index in [1.165, 1.54) is 24.3 Å². The van der Waals surface area contributed by atoms with Gasteiger partial charge in [0.2, 0.25) is 27.8 Å². The molecule has 36 heavy (non-hydrogen) atoms. The molecule has 2 unspecified atom stereocenters. The Morgan fingerprint density at radius 1 is 1.08 bits per heavy atom. The van der Waals surface area contributed by atoms with Crippen molar-refractivity contribution in [2.24, 2.45) is 0 Å². The minimum absolute atomic E-state index is 0.0151. The van der Waals surface area contributed by atoms with Gasteiger partial charge in [0.1, 0.15) is 17.9 Å². The maximum Gasteiger partial charge on any atom is 0.248 e. The van der Waals surface area contributed by atoms with Crippen LogP contribution in [0.1, 0.15) is 43.7 Å². The van der Waals surface area contributed by atoms with Crippen LogP contribution < -0.4 is 14.9 Å². The van der Waals surface area contributed by atoms with Gasteiger partial charge in [0.15, 0.2) is 0 Å². The quantitative estimate of drug-likeness (QED) is 0.577. The van der Waals surface area contributed by atoms with Gasteiger partial charge in [0.25, 0.3) is 0 Å². The van der Waals surface area contributed by atoms with Gasteiger partial charge in [0, 0.05) is 35.2 Å². The number of sulfonamides is 1. The van der Waals surface area contributed by atoms with Crippen LogP contribution in [0.15, 0.2) is 48.5 Å². The molecule has 2 fully saturated rings. The van der Waals surface area contributed by atoms with E-state index < -0.39 is 51.7 Å². The second kappa shape index (κ2) is 10.4. The Bertz CT molecular complexity index is 1250. The number of nitrogens with zero attached hydrogens (tertiary/aromatic N) is 1. The third-order valence-electron chi connectivity index (χ3n) is 6.39. The van der Waals surface area contributed by atoms with Crippen LogP contribution in [0.4, 0.5) is 18.9 Å². The van der Waals surface area contributed by atoms with Gasteiger partial charge in [-0.2, -0.15) is 0 Å². The number of rotatable bonds is 6. The van der Waals surface area contributed by atoms with Gasteiger partial charge in [-0.3, -0.25) is 14.5 Å². The van der Waals surface area contributed by atoms with E-state index in [-0.39, 0.29) is 54.1 Å². The number of halogens is 4. The monoisotopic (exact) mass is 543 g/mol. The first kappa shape index (κ1) is 26.4. The zero-order valence-electron chi connectivity index (χ0n) is 19.1. The van der Waals surface area contributed by atoms with Gasteiger partial charge in [-0.15, -0.1) is 0 Å². The van der Waals surface area contributed by atoms with Crippen molar-refractivity contribution >= 4 is 39.1 Å². The average Bonchev–Trinajstić information content (AvgIpc) is 3.18. The molecule has 0 aromatic heterocycles. The van der Waals surface area contributed by atoms with E-state index in [0.29, 0.717) is 0 Å². The Morgan fingerprint density at radius 3 is 2.39 bits per heavy atom. The molecule has 2 atom stereocenters. The average molecular weight is 544 g/mol. The number of benzene rings is 2. The van der Waals surface area contributed by atoms with E-state index in [0.717, 1.165) is 17.0 Å². The van der Waals surface area contributed by atoms with E-state index in [1.807, 2.05) is 0 Å². The van der Waals surface area contributed by atoms with Gasteiger partial charge in [0.05, 0.1) is 5.75 Å². The molecule has 0 bridgehead atoms. The lowest BCUT2D eigenvalue weighted by Gasteiger charge is -2.35. The lowest BCUT2D eigenvalue weighted by atomic mass is 9.91. The summed E-state index contributed by atoms with van der Waals surface area (Å²) < 4.78 is 67.8. The van der Waals surface area contributed by atoms with Crippen LogP contribution in [0.5, 0.6) is 0 Å². The molecule has 194 valence electrons. The van der Waals surface area contributed by atoms with E-state index in [1.54, 1.807) is 12.1 Å². The van der Waals surface area contributed by atoms with Crippen molar-refractivity contribution in [3.8, 4) is 0 Å². The van der Waals surface area contributed by atoms with Crippen molar-refractivity contribution in [3.63, 3.8) is 0 Å². The molecule has 12 heteroatoms. The van der Waals surface area contributed by atoms with Crippen LogP contribution in [-0.4, -0.2) is 44.0 Å². The first-order valence-corrected chi connectivity index (χ1v) is 13.5. The molecule has 7 nitrogen and oxygen atoms in total. The Hall–Kier alpha value is -2.63. The van der Waals surface area contributed by atoms with Crippen molar-refractivity contribution in [1.29, 1.82) is 0 Å². The molecule has 2 aromatic carbocycles. The molecule has 1 aliphatic carbocycles. The van der Waals surface area contributed by atoms with E-state index in [2.05, 4.69) is 10.0 Å². The summed E-state index contributed by atoms with van der Waals surface area (Å²) >= 11 is 6.41. The predicted molar refractivity (Wildman–Crippen MR) is 129 cm³/mol. The molecule has 1 aliphatic heterocycles.